The molecule has 0 unspecified atom stereocenters. The minimum atomic E-state index is -0.655. The van der Waals surface area contributed by atoms with Gasteiger partial charge < -0.3 is 20.5 Å². The van der Waals surface area contributed by atoms with Gasteiger partial charge in [0, 0.05) is 24.0 Å². The quantitative estimate of drug-likeness (QED) is 0.238. The van der Waals surface area contributed by atoms with E-state index >= 15 is 0 Å². The summed E-state index contributed by atoms with van der Waals surface area (Å²) in [5.41, 5.74) is 7.14. The highest BCUT2D eigenvalue weighted by molar-refractivity contribution is 7.78. The Labute approximate surface area is 205 Å². The Kier molecular flexibility index (Phi) is 10.1. The molecule has 10 heteroatoms. The molecule has 0 radical (unpaired) electrons. The van der Waals surface area contributed by atoms with Gasteiger partial charge in [-0.3, -0.25) is 9.78 Å². The van der Waals surface area contributed by atoms with Crippen LogP contribution in [0.25, 0.3) is 10.2 Å². The van der Waals surface area contributed by atoms with Gasteiger partial charge in [-0.25, -0.2) is 9.18 Å². The molecular formula is C24H22FN3O4S2. The van der Waals surface area contributed by atoms with Crippen LogP contribution in [0.2, 0.25) is 0 Å². The summed E-state index contributed by atoms with van der Waals surface area (Å²) in [4.78, 5) is 28.5. The van der Waals surface area contributed by atoms with Gasteiger partial charge >= 0.3 is 5.97 Å². The topological polar surface area (TPSA) is 104 Å². The van der Waals surface area contributed by atoms with E-state index in [1.165, 1.54) is 31.5 Å². The second-order valence-electron chi connectivity index (χ2n) is 6.42. The monoisotopic (exact) mass is 499 g/mol. The second-order valence-corrected chi connectivity index (χ2v) is 7.74. The zero-order chi connectivity index (χ0) is 25.1. The molecule has 0 spiro atoms. The molecule has 34 heavy (non-hydrogen) atoms. The number of thiophene rings is 1. The van der Waals surface area contributed by atoms with Crippen molar-refractivity contribution in [3.8, 4) is 11.5 Å². The standard InChI is InChI=1S/C23H19FN2O4S.CH3NS/c1-4-6-14(5-2)11-21(27)26-15-7-8-18(16(24)12-15)30-19-9-10-25-17-13-20(23(28)29-3)31-22(17)19;2-1-3/h4-10,12-13H,1-2,11H2,3H3,(H,26,27);1H,(H2,2,3)/b14-6+;. The van der Waals surface area contributed by atoms with Crippen LogP contribution in [0.15, 0.2) is 73.5 Å². The number of anilines is 1. The van der Waals surface area contributed by atoms with E-state index in [0.29, 0.717) is 32.1 Å². The number of hydrogen-bond acceptors (Lipinski definition) is 7. The zero-order valence-corrected chi connectivity index (χ0v) is 19.9. The fourth-order valence-corrected chi connectivity index (χ4v) is 3.70. The van der Waals surface area contributed by atoms with E-state index in [2.05, 4.69) is 41.4 Å². The SMILES string of the molecule is C=C/C=C(\C=C)CC(=O)Nc1ccc(Oc2ccnc3cc(C(=O)OC)sc23)c(F)c1.NC=S. The number of nitrogens with zero attached hydrogens (tertiary/aromatic N) is 1. The van der Waals surface area contributed by atoms with Crippen molar-refractivity contribution in [2.24, 2.45) is 5.73 Å². The Bertz CT molecular complexity index is 1250. The predicted octanol–water partition coefficient (Wildman–Crippen LogP) is 5.54. The van der Waals surface area contributed by atoms with E-state index in [4.69, 9.17) is 9.47 Å². The van der Waals surface area contributed by atoms with Gasteiger partial charge in [-0.05, 0) is 23.8 Å². The summed E-state index contributed by atoms with van der Waals surface area (Å²) in [6, 6.07) is 7.29. The summed E-state index contributed by atoms with van der Waals surface area (Å²) in [7, 11) is 1.29. The molecule has 0 aliphatic carbocycles. The maximum atomic E-state index is 14.6. The molecule has 3 N–H and O–H groups in total. The first kappa shape index (κ1) is 26.4. The van der Waals surface area contributed by atoms with E-state index in [0.717, 1.165) is 16.8 Å². The number of nitrogens with two attached hydrogens (primary N) is 1. The largest absolute Gasteiger partial charge is 0.465 e. The molecule has 0 atom stereocenters. The van der Waals surface area contributed by atoms with Gasteiger partial charge in [0.15, 0.2) is 11.6 Å². The Hall–Kier alpha value is -3.89. The van der Waals surface area contributed by atoms with Crippen molar-refractivity contribution in [2.45, 2.75) is 6.42 Å². The summed E-state index contributed by atoms with van der Waals surface area (Å²) < 4.78 is 25.7. The zero-order valence-electron chi connectivity index (χ0n) is 18.2. The van der Waals surface area contributed by atoms with Crippen LogP contribution in [-0.4, -0.2) is 29.5 Å². The molecule has 1 amide bonds. The van der Waals surface area contributed by atoms with Crippen LogP contribution in [0.4, 0.5) is 10.1 Å². The lowest BCUT2D eigenvalue weighted by molar-refractivity contribution is -0.115. The fraction of sp³-hybridized carbons (Fsp3) is 0.0833. The van der Waals surface area contributed by atoms with Crippen molar-refractivity contribution < 1.29 is 23.5 Å². The first-order valence-electron chi connectivity index (χ1n) is 9.70. The summed E-state index contributed by atoms with van der Waals surface area (Å²) in [6.45, 7) is 7.22. The molecule has 1 aromatic carbocycles. The number of allylic oxidation sites excluding steroid dienone is 3. The highest BCUT2D eigenvalue weighted by atomic mass is 32.1. The highest BCUT2D eigenvalue weighted by Crippen LogP contribution is 2.36. The molecule has 7 nitrogen and oxygen atoms in total. The molecular weight excluding hydrogens is 477 g/mol. The summed E-state index contributed by atoms with van der Waals surface area (Å²) >= 11 is 5.19. The molecule has 0 aliphatic heterocycles. The number of nitrogens with one attached hydrogen (secondary N) is 1. The van der Waals surface area contributed by atoms with E-state index in [-0.39, 0.29) is 18.1 Å². The Morgan fingerprint density at radius 1 is 1.26 bits per heavy atom. The number of esters is 1. The Balaban J connectivity index is 0.00000129. The van der Waals surface area contributed by atoms with Crippen LogP contribution in [0.5, 0.6) is 11.5 Å². The number of thiocarbonyl (C=S) groups is 1. The predicted molar refractivity (Wildman–Crippen MR) is 137 cm³/mol. The third-order valence-corrected chi connectivity index (χ3v) is 5.28. The van der Waals surface area contributed by atoms with E-state index < -0.39 is 11.8 Å². The van der Waals surface area contributed by atoms with Crippen LogP contribution in [0, 0.1) is 5.82 Å². The van der Waals surface area contributed by atoms with Crippen LogP contribution >= 0.6 is 23.6 Å². The number of fused-ring (bicyclic) bond motifs is 1. The van der Waals surface area contributed by atoms with Crippen molar-refractivity contribution in [1.29, 1.82) is 0 Å². The van der Waals surface area contributed by atoms with Gasteiger partial charge in [-0.2, -0.15) is 0 Å². The molecule has 3 aromatic rings. The van der Waals surface area contributed by atoms with Crippen LogP contribution < -0.4 is 15.8 Å². The maximum Gasteiger partial charge on any atom is 0.348 e. The minimum absolute atomic E-state index is 0.0307. The third-order valence-electron chi connectivity index (χ3n) is 4.16. The van der Waals surface area contributed by atoms with Crippen molar-refractivity contribution in [2.75, 3.05) is 12.4 Å². The lowest BCUT2D eigenvalue weighted by Crippen LogP contribution is -2.12. The molecule has 0 saturated carbocycles. The smallest absolute Gasteiger partial charge is 0.348 e. The fourth-order valence-electron chi connectivity index (χ4n) is 2.72. The van der Waals surface area contributed by atoms with E-state index in [1.54, 1.807) is 30.4 Å². The van der Waals surface area contributed by atoms with Crippen molar-refractivity contribution >= 4 is 56.8 Å². The first-order chi connectivity index (χ1) is 16.4. The molecule has 2 heterocycles. The van der Waals surface area contributed by atoms with Gasteiger partial charge in [0.1, 0.15) is 10.6 Å². The van der Waals surface area contributed by atoms with Gasteiger partial charge in [0.05, 0.1) is 29.2 Å². The number of amides is 1. The maximum absolute atomic E-state index is 14.6. The molecule has 0 bridgehead atoms. The van der Waals surface area contributed by atoms with Crippen LogP contribution in [0.3, 0.4) is 0 Å². The molecule has 0 saturated heterocycles. The van der Waals surface area contributed by atoms with Gasteiger partial charge in [0.25, 0.3) is 0 Å². The molecule has 2 aromatic heterocycles. The number of carbonyl (C=O) groups excluding carboxylic acids is 2. The van der Waals surface area contributed by atoms with E-state index in [9.17, 15) is 14.0 Å². The van der Waals surface area contributed by atoms with Crippen molar-refractivity contribution in [3.05, 3.63) is 84.2 Å². The average molecular weight is 500 g/mol. The van der Waals surface area contributed by atoms with Crippen molar-refractivity contribution in [1.82, 2.24) is 4.98 Å². The number of carbonyl (C=O) groups is 2. The lowest BCUT2D eigenvalue weighted by Gasteiger charge is -2.10. The lowest BCUT2D eigenvalue weighted by atomic mass is 10.1. The Morgan fingerprint density at radius 2 is 2.00 bits per heavy atom. The number of hydrogen-bond donors (Lipinski definition) is 2. The highest BCUT2D eigenvalue weighted by Gasteiger charge is 2.16. The van der Waals surface area contributed by atoms with Gasteiger partial charge in [-0.1, -0.05) is 43.6 Å². The number of pyridine rings is 1. The van der Waals surface area contributed by atoms with Gasteiger partial charge in [0.2, 0.25) is 5.91 Å². The number of rotatable bonds is 8. The second kappa shape index (κ2) is 13.0. The average Bonchev–Trinajstić information content (AvgIpc) is 3.26. The van der Waals surface area contributed by atoms with Crippen LogP contribution in [-0.2, 0) is 9.53 Å². The Morgan fingerprint density at radius 3 is 2.62 bits per heavy atom. The molecule has 3 rings (SSSR count). The van der Waals surface area contributed by atoms with Crippen molar-refractivity contribution in [3.63, 3.8) is 0 Å². The number of benzene rings is 1. The minimum Gasteiger partial charge on any atom is -0.465 e. The summed E-state index contributed by atoms with van der Waals surface area (Å²) in [6.07, 6.45) is 6.39. The molecule has 176 valence electrons. The molecule has 0 fully saturated rings. The third kappa shape index (κ3) is 7.06. The number of halogens is 1. The summed E-state index contributed by atoms with van der Waals surface area (Å²) in [5.74, 6) is -1.13. The normalized spacial score (nSPS) is 10.5. The number of aromatic nitrogens is 1. The first-order valence-corrected chi connectivity index (χ1v) is 11.0. The van der Waals surface area contributed by atoms with E-state index in [1.807, 2.05) is 0 Å². The summed E-state index contributed by atoms with van der Waals surface area (Å²) in [5, 5.41) is 2.63. The van der Waals surface area contributed by atoms with Gasteiger partial charge in [-0.15, -0.1) is 11.3 Å². The number of ether oxygens (including phenoxy) is 2. The molecule has 0 aliphatic rings. The number of methoxy groups -OCH3 is 1. The van der Waals surface area contributed by atoms with Crippen LogP contribution in [0.1, 0.15) is 16.1 Å².